The molecule has 0 rings (SSSR count). The number of methoxy groups -OCH3 is 1. The van der Waals surface area contributed by atoms with Gasteiger partial charge in [-0.1, -0.05) is 26.7 Å². The Morgan fingerprint density at radius 1 is 1.36 bits per heavy atom. The largest absolute Gasteiger partial charge is 0.389 e. The summed E-state index contributed by atoms with van der Waals surface area (Å²) in [6.07, 6.45) is 2.05. The molecule has 86 valence electrons. The van der Waals surface area contributed by atoms with E-state index >= 15 is 0 Å². The molecule has 2 N–H and O–H groups in total. The van der Waals surface area contributed by atoms with Crippen molar-refractivity contribution in [3.05, 3.63) is 0 Å². The van der Waals surface area contributed by atoms with E-state index in [1.165, 1.54) is 0 Å². The molecule has 0 aromatic rings. The second-order valence-corrected chi connectivity index (χ2v) is 4.04. The minimum Gasteiger partial charge on any atom is -0.389 e. The van der Waals surface area contributed by atoms with Crippen molar-refractivity contribution >= 4 is 0 Å². The maximum absolute atomic E-state index is 10.2. The first-order valence-electron chi connectivity index (χ1n) is 5.50. The summed E-state index contributed by atoms with van der Waals surface area (Å²) in [5.41, 5.74) is -0.600. The van der Waals surface area contributed by atoms with Gasteiger partial charge in [0.2, 0.25) is 0 Å². The van der Waals surface area contributed by atoms with Gasteiger partial charge in [-0.3, -0.25) is 0 Å². The third-order valence-corrected chi connectivity index (χ3v) is 2.83. The van der Waals surface area contributed by atoms with Crippen molar-refractivity contribution in [2.45, 2.75) is 39.2 Å². The van der Waals surface area contributed by atoms with Gasteiger partial charge in [0.1, 0.15) is 0 Å². The van der Waals surface area contributed by atoms with Gasteiger partial charge in [0, 0.05) is 20.2 Å². The second kappa shape index (κ2) is 7.21. The van der Waals surface area contributed by atoms with Crippen LogP contribution >= 0.6 is 0 Å². The highest BCUT2D eigenvalue weighted by atomic mass is 16.5. The highest BCUT2D eigenvalue weighted by molar-refractivity contribution is 4.82. The molecule has 0 heterocycles. The number of hydrogen-bond donors (Lipinski definition) is 2. The Labute approximate surface area is 87.8 Å². The van der Waals surface area contributed by atoms with Crippen molar-refractivity contribution in [2.24, 2.45) is 5.92 Å². The van der Waals surface area contributed by atoms with Crippen LogP contribution < -0.4 is 5.32 Å². The molecule has 0 saturated heterocycles. The smallest absolute Gasteiger partial charge is 0.0771 e. The number of aliphatic hydroxyl groups is 1. The van der Waals surface area contributed by atoms with E-state index in [1.54, 1.807) is 7.11 Å². The van der Waals surface area contributed by atoms with Crippen LogP contribution in [0.2, 0.25) is 0 Å². The number of rotatable bonds is 8. The van der Waals surface area contributed by atoms with Crippen LogP contribution in [-0.4, -0.2) is 37.5 Å². The standard InChI is InChI=1S/C11H25NO2/c1-5-10(6-2)11(3,13)9-12-7-8-14-4/h10,12-13H,5-9H2,1-4H3. The molecule has 3 heteroatoms. The van der Waals surface area contributed by atoms with Gasteiger partial charge in [0.25, 0.3) is 0 Å². The number of nitrogens with one attached hydrogen (secondary N) is 1. The fourth-order valence-electron chi connectivity index (χ4n) is 1.83. The maximum Gasteiger partial charge on any atom is 0.0771 e. The van der Waals surface area contributed by atoms with E-state index in [-0.39, 0.29) is 0 Å². The predicted octanol–water partition coefficient (Wildman–Crippen LogP) is 1.41. The van der Waals surface area contributed by atoms with Crippen molar-refractivity contribution in [2.75, 3.05) is 26.8 Å². The van der Waals surface area contributed by atoms with Crippen LogP contribution in [0.25, 0.3) is 0 Å². The van der Waals surface area contributed by atoms with Crippen LogP contribution in [-0.2, 0) is 4.74 Å². The van der Waals surface area contributed by atoms with Crippen LogP contribution in [0.1, 0.15) is 33.6 Å². The van der Waals surface area contributed by atoms with Crippen LogP contribution in [0.3, 0.4) is 0 Å². The van der Waals surface area contributed by atoms with Gasteiger partial charge in [0.05, 0.1) is 12.2 Å². The average Bonchev–Trinajstić information content (AvgIpc) is 2.14. The molecule has 0 aliphatic carbocycles. The summed E-state index contributed by atoms with van der Waals surface area (Å²) in [5.74, 6) is 0.373. The lowest BCUT2D eigenvalue weighted by Gasteiger charge is -2.32. The Kier molecular flexibility index (Phi) is 7.15. The van der Waals surface area contributed by atoms with Crippen molar-refractivity contribution in [1.82, 2.24) is 5.32 Å². The van der Waals surface area contributed by atoms with Gasteiger partial charge in [-0.05, 0) is 12.8 Å². The van der Waals surface area contributed by atoms with Crippen LogP contribution in [0.5, 0.6) is 0 Å². The molecule has 0 spiro atoms. The van der Waals surface area contributed by atoms with E-state index in [1.807, 2.05) is 6.92 Å². The monoisotopic (exact) mass is 203 g/mol. The number of ether oxygens (including phenoxy) is 1. The van der Waals surface area contributed by atoms with E-state index < -0.39 is 5.60 Å². The zero-order chi connectivity index (χ0) is 11.0. The van der Waals surface area contributed by atoms with Gasteiger partial charge in [-0.15, -0.1) is 0 Å². The third-order valence-electron chi connectivity index (χ3n) is 2.83. The topological polar surface area (TPSA) is 41.5 Å². The summed E-state index contributed by atoms with van der Waals surface area (Å²) in [5, 5.41) is 13.4. The molecular weight excluding hydrogens is 178 g/mol. The normalized spacial score (nSPS) is 15.9. The van der Waals surface area contributed by atoms with Crippen LogP contribution in [0.15, 0.2) is 0 Å². The van der Waals surface area contributed by atoms with Gasteiger partial charge >= 0.3 is 0 Å². The zero-order valence-electron chi connectivity index (χ0n) is 9.97. The molecule has 0 radical (unpaired) electrons. The van der Waals surface area contributed by atoms with Crippen molar-refractivity contribution < 1.29 is 9.84 Å². The van der Waals surface area contributed by atoms with E-state index in [0.29, 0.717) is 19.1 Å². The molecule has 0 aromatic carbocycles. The Hall–Kier alpha value is -0.120. The van der Waals surface area contributed by atoms with E-state index in [9.17, 15) is 5.11 Å². The van der Waals surface area contributed by atoms with Crippen LogP contribution in [0.4, 0.5) is 0 Å². The summed E-state index contributed by atoms with van der Waals surface area (Å²) < 4.78 is 4.93. The second-order valence-electron chi connectivity index (χ2n) is 4.04. The Bertz CT molecular complexity index is 133. The molecule has 0 aliphatic heterocycles. The average molecular weight is 203 g/mol. The quantitative estimate of drug-likeness (QED) is 0.586. The molecule has 0 aliphatic rings. The lowest BCUT2D eigenvalue weighted by molar-refractivity contribution is -0.00437. The number of hydrogen-bond acceptors (Lipinski definition) is 3. The Morgan fingerprint density at radius 2 is 1.93 bits per heavy atom. The predicted molar refractivity (Wildman–Crippen MR) is 59.4 cm³/mol. The summed E-state index contributed by atoms with van der Waals surface area (Å²) >= 11 is 0. The Morgan fingerprint density at radius 3 is 2.36 bits per heavy atom. The molecule has 1 unspecified atom stereocenters. The van der Waals surface area contributed by atoms with E-state index in [2.05, 4.69) is 19.2 Å². The molecule has 0 amide bonds. The summed E-state index contributed by atoms with van der Waals surface area (Å²) in [7, 11) is 1.68. The highest BCUT2D eigenvalue weighted by Gasteiger charge is 2.28. The van der Waals surface area contributed by atoms with Crippen molar-refractivity contribution in [1.29, 1.82) is 0 Å². The molecule has 0 fully saturated rings. The maximum atomic E-state index is 10.2. The lowest BCUT2D eigenvalue weighted by atomic mass is 9.85. The molecule has 3 nitrogen and oxygen atoms in total. The minimum absolute atomic E-state index is 0.373. The van der Waals surface area contributed by atoms with Gasteiger partial charge in [0.15, 0.2) is 0 Å². The first kappa shape index (κ1) is 13.9. The summed E-state index contributed by atoms with van der Waals surface area (Å²) in [6.45, 7) is 8.29. The third kappa shape index (κ3) is 4.94. The van der Waals surface area contributed by atoms with Crippen molar-refractivity contribution in [3.63, 3.8) is 0 Å². The van der Waals surface area contributed by atoms with Crippen molar-refractivity contribution in [3.8, 4) is 0 Å². The highest BCUT2D eigenvalue weighted by Crippen LogP contribution is 2.22. The SMILES string of the molecule is CCC(CC)C(C)(O)CNCCOC. The molecular formula is C11H25NO2. The van der Waals surface area contributed by atoms with Gasteiger partial charge < -0.3 is 15.2 Å². The molecule has 0 bridgehead atoms. The van der Waals surface area contributed by atoms with Gasteiger partial charge in [-0.2, -0.15) is 0 Å². The minimum atomic E-state index is -0.600. The molecule has 0 saturated carbocycles. The van der Waals surface area contributed by atoms with Crippen LogP contribution in [0, 0.1) is 5.92 Å². The van der Waals surface area contributed by atoms with E-state index in [0.717, 1.165) is 19.4 Å². The summed E-state index contributed by atoms with van der Waals surface area (Å²) in [4.78, 5) is 0. The lowest BCUT2D eigenvalue weighted by Crippen LogP contribution is -2.44. The molecule has 1 atom stereocenters. The fraction of sp³-hybridized carbons (Fsp3) is 1.00. The van der Waals surface area contributed by atoms with Gasteiger partial charge in [-0.25, -0.2) is 0 Å². The fourth-order valence-corrected chi connectivity index (χ4v) is 1.83. The molecule has 14 heavy (non-hydrogen) atoms. The molecule has 0 aromatic heterocycles. The Balaban J connectivity index is 3.80. The first-order valence-corrected chi connectivity index (χ1v) is 5.50. The first-order chi connectivity index (χ1) is 6.58. The van der Waals surface area contributed by atoms with E-state index in [4.69, 9.17) is 4.74 Å². The summed E-state index contributed by atoms with van der Waals surface area (Å²) in [6, 6.07) is 0. The zero-order valence-corrected chi connectivity index (χ0v) is 9.97.